The van der Waals surface area contributed by atoms with Gasteiger partial charge in [0.25, 0.3) is 0 Å². The molecule has 1 saturated heterocycles. The summed E-state index contributed by atoms with van der Waals surface area (Å²) in [5, 5.41) is 0. The lowest BCUT2D eigenvalue weighted by Gasteiger charge is -2.70. The van der Waals surface area contributed by atoms with E-state index in [1.165, 1.54) is 64.5 Å². The monoisotopic (exact) mass is 507 g/mol. The van der Waals surface area contributed by atoms with Crippen LogP contribution in [-0.2, 0) is 18.3 Å². The number of hydrogen-bond acceptors (Lipinski definition) is 1. The van der Waals surface area contributed by atoms with E-state index in [1.807, 2.05) is 0 Å². The molecule has 2 bridgehead atoms. The quantitative estimate of drug-likeness (QED) is 0.321. The van der Waals surface area contributed by atoms with E-state index < -0.39 is 0 Å². The number of rotatable bonds is 9. The Kier molecular flexibility index (Phi) is 8.12. The number of fused-ring (bicyclic) bond motifs is 4. The molecule has 2 fully saturated rings. The minimum Gasteiger partial charge on any atom is -0.299 e. The SMILES string of the molecule is CCCC(CC1(C(C)(C)C)C2Cc3ccc(CC)c(C)c3C1(CC)CCN2CC1CC1)[C@@H](C)C(C)(C)C. The van der Waals surface area contributed by atoms with Gasteiger partial charge in [0.2, 0.25) is 0 Å². The minimum absolute atomic E-state index is 0.242. The van der Waals surface area contributed by atoms with Gasteiger partial charge < -0.3 is 0 Å². The highest BCUT2D eigenvalue weighted by Crippen LogP contribution is 2.69. The third-order valence-corrected chi connectivity index (χ3v) is 12.1. The molecule has 0 spiro atoms. The lowest BCUT2D eigenvalue weighted by Crippen LogP contribution is -2.72. The Morgan fingerprint density at radius 3 is 2.22 bits per heavy atom. The van der Waals surface area contributed by atoms with Crippen LogP contribution in [0.25, 0.3) is 0 Å². The van der Waals surface area contributed by atoms with Crippen LogP contribution in [0.2, 0.25) is 0 Å². The van der Waals surface area contributed by atoms with Crippen molar-refractivity contribution < 1.29 is 0 Å². The zero-order valence-corrected chi connectivity index (χ0v) is 26.7. The van der Waals surface area contributed by atoms with Gasteiger partial charge in [-0.15, -0.1) is 0 Å². The topological polar surface area (TPSA) is 3.24 Å². The van der Waals surface area contributed by atoms with E-state index >= 15 is 0 Å². The van der Waals surface area contributed by atoms with Crippen molar-refractivity contribution in [3.8, 4) is 0 Å². The molecule has 0 aromatic heterocycles. The van der Waals surface area contributed by atoms with Crippen LogP contribution >= 0.6 is 0 Å². The summed E-state index contributed by atoms with van der Waals surface area (Å²) >= 11 is 0. The average Bonchev–Trinajstić information content (AvgIpc) is 3.63. The Balaban J connectivity index is 1.98. The maximum Gasteiger partial charge on any atom is 0.0206 e. The number of aryl methyl sites for hydroxylation is 1. The predicted molar refractivity (Wildman–Crippen MR) is 162 cm³/mol. The van der Waals surface area contributed by atoms with E-state index in [-0.39, 0.29) is 16.2 Å². The van der Waals surface area contributed by atoms with Gasteiger partial charge in [0, 0.05) is 23.4 Å². The number of hydrogen-bond donors (Lipinski definition) is 0. The van der Waals surface area contributed by atoms with E-state index in [9.17, 15) is 0 Å². The fourth-order valence-electron chi connectivity index (χ4n) is 9.63. The fraction of sp³-hybridized carbons (Fsp3) is 0.833. The van der Waals surface area contributed by atoms with Crippen LogP contribution in [0.3, 0.4) is 0 Å². The Labute approximate surface area is 231 Å². The molecular weight excluding hydrogens is 446 g/mol. The largest absolute Gasteiger partial charge is 0.299 e. The lowest BCUT2D eigenvalue weighted by molar-refractivity contribution is -0.157. The second kappa shape index (κ2) is 10.3. The van der Waals surface area contributed by atoms with Crippen molar-refractivity contribution in [1.82, 2.24) is 4.90 Å². The van der Waals surface area contributed by atoms with Crippen molar-refractivity contribution in [1.29, 1.82) is 0 Å². The molecule has 1 heterocycles. The summed E-state index contributed by atoms with van der Waals surface area (Å²) in [6.45, 7) is 30.5. The van der Waals surface area contributed by atoms with E-state index in [0.717, 1.165) is 24.2 Å². The highest BCUT2D eigenvalue weighted by atomic mass is 15.2. The Morgan fingerprint density at radius 2 is 1.70 bits per heavy atom. The van der Waals surface area contributed by atoms with Gasteiger partial charge in [-0.1, -0.05) is 94.2 Å². The van der Waals surface area contributed by atoms with Crippen LogP contribution < -0.4 is 0 Å². The summed E-state index contributed by atoms with van der Waals surface area (Å²) in [7, 11) is 0. The molecule has 1 aromatic carbocycles. The van der Waals surface area contributed by atoms with Crippen molar-refractivity contribution >= 4 is 0 Å². The van der Waals surface area contributed by atoms with Crippen LogP contribution in [-0.4, -0.2) is 24.0 Å². The Hall–Kier alpha value is -0.820. The van der Waals surface area contributed by atoms with Gasteiger partial charge in [-0.25, -0.2) is 0 Å². The van der Waals surface area contributed by atoms with E-state index in [0.29, 0.717) is 11.5 Å². The summed E-state index contributed by atoms with van der Waals surface area (Å²) in [6.07, 6.45) is 12.0. The van der Waals surface area contributed by atoms with Crippen LogP contribution in [0.5, 0.6) is 0 Å². The summed E-state index contributed by atoms with van der Waals surface area (Å²) in [5.74, 6) is 2.45. The molecule has 1 heteroatoms. The third-order valence-electron chi connectivity index (χ3n) is 12.1. The number of likely N-dealkylation sites (tertiary alicyclic amines) is 1. The molecule has 1 aromatic rings. The first-order valence-electron chi connectivity index (χ1n) is 16.1. The average molecular weight is 508 g/mol. The van der Waals surface area contributed by atoms with E-state index in [1.54, 1.807) is 22.3 Å². The zero-order chi connectivity index (χ0) is 27.4. The molecule has 2 aliphatic carbocycles. The van der Waals surface area contributed by atoms with E-state index in [2.05, 4.69) is 93.2 Å². The van der Waals surface area contributed by atoms with Crippen LogP contribution in [0.1, 0.15) is 136 Å². The molecule has 0 N–H and O–H groups in total. The first-order chi connectivity index (χ1) is 17.3. The number of piperidine rings is 1. The maximum atomic E-state index is 3.04. The molecule has 0 radical (unpaired) electrons. The molecule has 1 saturated carbocycles. The van der Waals surface area contributed by atoms with E-state index in [4.69, 9.17) is 0 Å². The second-order valence-corrected chi connectivity index (χ2v) is 15.7. The molecule has 210 valence electrons. The second-order valence-electron chi connectivity index (χ2n) is 15.7. The molecular formula is C36H61N. The smallest absolute Gasteiger partial charge is 0.0206 e. The summed E-state index contributed by atoms with van der Waals surface area (Å²) in [4.78, 5) is 3.04. The zero-order valence-electron chi connectivity index (χ0n) is 26.7. The van der Waals surface area contributed by atoms with Gasteiger partial charge in [0.1, 0.15) is 0 Å². The molecule has 1 aliphatic heterocycles. The van der Waals surface area contributed by atoms with Gasteiger partial charge in [-0.2, -0.15) is 0 Å². The molecule has 4 unspecified atom stereocenters. The third kappa shape index (κ3) is 4.76. The lowest BCUT2D eigenvalue weighted by atomic mass is 9.38. The summed E-state index contributed by atoms with van der Waals surface area (Å²) in [5.41, 5.74) is 7.85. The van der Waals surface area contributed by atoms with Crippen molar-refractivity contribution in [3.63, 3.8) is 0 Å². The summed E-state index contributed by atoms with van der Waals surface area (Å²) < 4.78 is 0. The van der Waals surface area contributed by atoms with Crippen LogP contribution in [0, 0.1) is 40.9 Å². The van der Waals surface area contributed by atoms with Gasteiger partial charge in [0.05, 0.1) is 0 Å². The fourth-order valence-corrected chi connectivity index (χ4v) is 9.63. The maximum absolute atomic E-state index is 3.04. The van der Waals surface area contributed by atoms with Crippen LogP contribution in [0.4, 0.5) is 0 Å². The number of nitrogens with zero attached hydrogens (tertiary/aromatic N) is 1. The highest BCUT2D eigenvalue weighted by Gasteiger charge is 2.67. The highest BCUT2D eigenvalue weighted by molar-refractivity contribution is 5.51. The Morgan fingerprint density at radius 1 is 1.03 bits per heavy atom. The molecule has 5 atom stereocenters. The normalized spacial score (nSPS) is 30.2. The van der Waals surface area contributed by atoms with Crippen molar-refractivity contribution in [2.75, 3.05) is 13.1 Å². The molecule has 0 amide bonds. The predicted octanol–water partition coefficient (Wildman–Crippen LogP) is 9.77. The molecule has 3 aliphatic rings. The molecule has 37 heavy (non-hydrogen) atoms. The minimum atomic E-state index is 0.242. The Bertz CT molecular complexity index is 941. The van der Waals surface area contributed by atoms with Crippen molar-refractivity contribution in [3.05, 3.63) is 34.4 Å². The standard InChI is InChI=1S/C36H61N/c1-12-15-30(26(5)33(6,7)8)23-36(34(9,10)11)31-22-29-19-18-28(13-2)25(4)32(29)35(36,14-3)20-21-37(31)24-27-16-17-27/h18-19,26-27,30-31H,12-17,20-24H2,1-11H3/t26-,30?,31?,35?,36?/m1/s1. The van der Waals surface area contributed by atoms with Crippen LogP contribution in [0.15, 0.2) is 12.1 Å². The van der Waals surface area contributed by atoms with Gasteiger partial charge >= 0.3 is 0 Å². The first kappa shape index (κ1) is 29.2. The summed E-state index contributed by atoms with van der Waals surface area (Å²) in [6, 6.07) is 5.70. The molecule has 1 nitrogen and oxygen atoms in total. The van der Waals surface area contributed by atoms with Gasteiger partial charge in [-0.05, 0) is 109 Å². The van der Waals surface area contributed by atoms with Crippen molar-refractivity contribution in [2.24, 2.45) is 34.0 Å². The molecule has 4 rings (SSSR count). The number of benzene rings is 1. The van der Waals surface area contributed by atoms with Crippen molar-refractivity contribution in [2.45, 2.75) is 145 Å². The first-order valence-corrected chi connectivity index (χ1v) is 16.1. The van der Waals surface area contributed by atoms with Gasteiger partial charge in [0.15, 0.2) is 0 Å². The van der Waals surface area contributed by atoms with Gasteiger partial charge in [-0.3, -0.25) is 4.90 Å².